The number of rotatable bonds is 2. The fraction of sp³-hybridized carbons (Fsp3) is 0.0833. The predicted octanol–water partition coefficient (Wildman–Crippen LogP) is 4.44. The van der Waals surface area contributed by atoms with Gasteiger partial charge in [0.05, 0.1) is 5.69 Å². The number of nitrogens with zero attached hydrogens (tertiary/aromatic N) is 1. The number of halogens is 2. The molecule has 0 aliphatic heterocycles. The third kappa shape index (κ3) is 2.62. The van der Waals surface area contributed by atoms with E-state index in [1.54, 1.807) is 12.1 Å². The molecule has 1 nitrogen and oxygen atoms in total. The standard InChI is InChI=1S/C12H9BrFNS/c1-8-9(13)6-7-12(15-8)16-11-5-3-2-4-10(11)14/h2-7H,1H3. The largest absolute Gasteiger partial charge is 0.245 e. The molecule has 0 aliphatic carbocycles. The van der Waals surface area contributed by atoms with E-state index < -0.39 is 0 Å². The molecule has 0 saturated heterocycles. The van der Waals surface area contributed by atoms with Gasteiger partial charge in [-0.05, 0) is 47.1 Å². The smallest absolute Gasteiger partial charge is 0.137 e. The van der Waals surface area contributed by atoms with E-state index in [1.807, 2.05) is 25.1 Å². The first kappa shape index (κ1) is 11.6. The van der Waals surface area contributed by atoms with Gasteiger partial charge in [-0.1, -0.05) is 23.9 Å². The molecule has 0 atom stereocenters. The Hall–Kier alpha value is -0.870. The average Bonchev–Trinajstić information content (AvgIpc) is 2.27. The Kier molecular flexibility index (Phi) is 3.61. The zero-order valence-electron chi connectivity index (χ0n) is 8.58. The van der Waals surface area contributed by atoms with Crippen molar-refractivity contribution in [3.63, 3.8) is 0 Å². The van der Waals surface area contributed by atoms with E-state index in [-0.39, 0.29) is 5.82 Å². The van der Waals surface area contributed by atoms with Gasteiger partial charge < -0.3 is 0 Å². The second-order valence-corrected chi connectivity index (χ2v) is 5.17. The van der Waals surface area contributed by atoms with E-state index >= 15 is 0 Å². The molecule has 1 aromatic carbocycles. The van der Waals surface area contributed by atoms with Crippen molar-refractivity contribution in [2.75, 3.05) is 0 Å². The Morgan fingerprint density at radius 3 is 2.62 bits per heavy atom. The molecule has 2 rings (SSSR count). The molecule has 0 radical (unpaired) electrons. The predicted molar refractivity (Wildman–Crippen MR) is 67.2 cm³/mol. The minimum Gasteiger partial charge on any atom is -0.245 e. The Balaban J connectivity index is 2.28. The third-order valence-electron chi connectivity index (χ3n) is 2.05. The van der Waals surface area contributed by atoms with Crippen LogP contribution in [0.25, 0.3) is 0 Å². The zero-order chi connectivity index (χ0) is 11.5. The Morgan fingerprint density at radius 2 is 1.94 bits per heavy atom. The summed E-state index contributed by atoms with van der Waals surface area (Å²) < 4.78 is 14.4. The minimum atomic E-state index is -0.213. The summed E-state index contributed by atoms with van der Waals surface area (Å²) in [7, 11) is 0. The van der Waals surface area contributed by atoms with Crippen LogP contribution in [-0.4, -0.2) is 4.98 Å². The number of hydrogen-bond donors (Lipinski definition) is 0. The second kappa shape index (κ2) is 4.97. The lowest BCUT2D eigenvalue weighted by Gasteiger charge is -2.04. The van der Waals surface area contributed by atoms with Crippen molar-refractivity contribution in [3.8, 4) is 0 Å². The maximum atomic E-state index is 13.4. The van der Waals surface area contributed by atoms with Gasteiger partial charge in [0.25, 0.3) is 0 Å². The Morgan fingerprint density at radius 1 is 1.19 bits per heavy atom. The average molecular weight is 298 g/mol. The summed E-state index contributed by atoms with van der Waals surface area (Å²) in [6.07, 6.45) is 0. The summed E-state index contributed by atoms with van der Waals surface area (Å²) in [6, 6.07) is 10.5. The first-order chi connectivity index (χ1) is 7.66. The quantitative estimate of drug-likeness (QED) is 0.813. The normalized spacial score (nSPS) is 10.4. The van der Waals surface area contributed by atoms with Crippen molar-refractivity contribution in [2.45, 2.75) is 16.8 Å². The number of pyridine rings is 1. The molecule has 2 aromatic rings. The van der Waals surface area contributed by atoms with E-state index in [1.165, 1.54) is 17.8 Å². The molecule has 1 heterocycles. The van der Waals surface area contributed by atoms with Crippen molar-refractivity contribution < 1.29 is 4.39 Å². The highest BCUT2D eigenvalue weighted by Gasteiger charge is 2.05. The van der Waals surface area contributed by atoms with E-state index in [9.17, 15) is 4.39 Å². The van der Waals surface area contributed by atoms with Gasteiger partial charge >= 0.3 is 0 Å². The van der Waals surface area contributed by atoms with E-state index in [4.69, 9.17) is 0 Å². The van der Waals surface area contributed by atoms with E-state index in [0.717, 1.165) is 15.2 Å². The van der Waals surface area contributed by atoms with Crippen LogP contribution < -0.4 is 0 Å². The van der Waals surface area contributed by atoms with Gasteiger partial charge in [-0.2, -0.15) is 0 Å². The molecule has 0 aliphatic rings. The third-order valence-corrected chi connectivity index (χ3v) is 3.87. The summed E-state index contributed by atoms with van der Waals surface area (Å²) in [5.74, 6) is -0.213. The Labute approximate surface area is 106 Å². The minimum absolute atomic E-state index is 0.213. The molecule has 82 valence electrons. The van der Waals surface area contributed by atoms with Gasteiger partial charge in [0.1, 0.15) is 10.8 Å². The molecule has 0 amide bonds. The lowest BCUT2D eigenvalue weighted by Crippen LogP contribution is -1.87. The lowest BCUT2D eigenvalue weighted by atomic mass is 10.3. The van der Waals surface area contributed by atoms with Gasteiger partial charge in [-0.3, -0.25) is 0 Å². The van der Waals surface area contributed by atoms with E-state index in [0.29, 0.717) is 4.90 Å². The molecule has 1 aromatic heterocycles. The highest BCUT2D eigenvalue weighted by Crippen LogP contribution is 2.29. The van der Waals surface area contributed by atoms with Gasteiger partial charge in [-0.25, -0.2) is 9.37 Å². The van der Waals surface area contributed by atoms with Crippen LogP contribution in [0.15, 0.2) is 50.8 Å². The highest BCUT2D eigenvalue weighted by atomic mass is 79.9. The fourth-order valence-corrected chi connectivity index (χ4v) is 2.29. The maximum Gasteiger partial charge on any atom is 0.137 e. The summed E-state index contributed by atoms with van der Waals surface area (Å²) in [5.41, 5.74) is 0.904. The molecule has 16 heavy (non-hydrogen) atoms. The zero-order valence-corrected chi connectivity index (χ0v) is 11.0. The van der Waals surface area contributed by atoms with Crippen molar-refractivity contribution in [2.24, 2.45) is 0 Å². The lowest BCUT2D eigenvalue weighted by molar-refractivity contribution is 0.602. The van der Waals surface area contributed by atoms with Crippen LogP contribution in [0.2, 0.25) is 0 Å². The van der Waals surface area contributed by atoms with Crippen molar-refractivity contribution in [1.82, 2.24) is 4.98 Å². The molecule has 0 bridgehead atoms. The molecule has 4 heteroatoms. The maximum absolute atomic E-state index is 13.4. The topological polar surface area (TPSA) is 12.9 Å². The van der Waals surface area contributed by atoms with Crippen LogP contribution in [0.5, 0.6) is 0 Å². The number of benzene rings is 1. The summed E-state index contributed by atoms with van der Waals surface area (Å²) in [4.78, 5) is 4.95. The SMILES string of the molecule is Cc1nc(Sc2ccccc2F)ccc1Br. The molecule has 0 unspecified atom stereocenters. The monoisotopic (exact) mass is 297 g/mol. The molecule has 0 saturated carbocycles. The number of aryl methyl sites for hydroxylation is 1. The molecular weight excluding hydrogens is 289 g/mol. The van der Waals surface area contributed by atoms with Gasteiger partial charge in [0.2, 0.25) is 0 Å². The molecule has 0 spiro atoms. The van der Waals surface area contributed by atoms with Crippen molar-refractivity contribution in [1.29, 1.82) is 0 Å². The van der Waals surface area contributed by atoms with Crippen LogP contribution in [-0.2, 0) is 0 Å². The Bertz CT molecular complexity index is 516. The van der Waals surface area contributed by atoms with Crippen LogP contribution >= 0.6 is 27.7 Å². The summed E-state index contributed by atoms with van der Waals surface area (Å²) in [5, 5.41) is 0.797. The van der Waals surface area contributed by atoms with E-state index in [2.05, 4.69) is 20.9 Å². The van der Waals surface area contributed by atoms with Crippen LogP contribution in [0.4, 0.5) is 4.39 Å². The van der Waals surface area contributed by atoms with Crippen LogP contribution in [0, 0.1) is 12.7 Å². The first-order valence-electron chi connectivity index (χ1n) is 4.72. The molecule has 0 fully saturated rings. The van der Waals surface area contributed by atoms with Gasteiger partial charge in [-0.15, -0.1) is 0 Å². The number of aromatic nitrogens is 1. The van der Waals surface area contributed by atoms with Crippen molar-refractivity contribution in [3.05, 3.63) is 52.4 Å². The number of hydrogen-bond acceptors (Lipinski definition) is 2. The van der Waals surface area contributed by atoms with Crippen molar-refractivity contribution >= 4 is 27.7 Å². The molecular formula is C12H9BrFNS. The first-order valence-corrected chi connectivity index (χ1v) is 6.33. The van der Waals surface area contributed by atoms with Gasteiger partial charge in [0, 0.05) is 9.37 Å². The van der Waals surface area contributed by atoms with Crippen LogP contribution in [0.1, 0.15) is 5.69 Å². The summed E-state index contributed by atoms with van der Waals surface area (Å²) in [6.45, 7) is 1.91. The summed E-state index contributed by atoms with van der Waals surface area (Å²) >= 11 is 4.71. The van der Waals surface area contributed by atoms with Gasteiger partial charge in [0.15, 0.2) is 0 Å². The second-order valence-electron chi connectivity index (χ2n) is 3.25. The van der Waals surface area contributed by atoms with Crippen LogP contribution in [0.3, 0.4) is 0 Å². The fourth-order valence-electron chi connectivity index (χ4n) is 1.22. The molecule has 0 N–H and O–H groups in total. The highest BCUT2D eigenvalue weighted by molar-refractivity contribution is 9.10.